The smallest absolute Gasteiger partial charge is 0.227 e. The van der Waals surface area contributed by atoms with Gasteiger partial charge in [0.15, 0.2) is 0 Å². The van der Waals surface area contributed by atoms with Crippen molar-refractivity contribution >= 4 is 17.2 Å². The van der Waals surface area contributed by atoms with Crippen LogP contribution in [0, 0.1) is 0 Å². The quantitative estimate of drug-likeness (QED) is 0.842. The Hall–Kier alpha value is -1.72. The second kappa shape index (κ2) is 7.67. The van der Waals surface area contributed by atoms with E-state index in [1.807, 2.05) is 35.2 Å². The number of thiazole rings is 1. The molecular formula is C20H27N3OS. The van der Waals surface area contributed by atoms with Crippen LogP contribution in [0.4, 0.5) is 0 Å². The molecule has 0 radical (unpaired) electrons. The molecule has 1 aliphatic heterocycles. The molecule has 25 heavy (non-hydrogen) atoms. The molecule has 0 spiro atoms. The molecule has 0 bridgehead atoms. The minimum atomic E-state index is 0.108. The number of piperazine rings is 1. The number of carbonyl (C=O) groups is 1. The fourth-order valence-electron chi connectivity index (χ4n) is 2.96. The number of hydrogen-bond donors (Lipinski definition) is 0. The highest BCUT2D eigenvalue weighted by molar-refractivity contribution is 7.09. The molecule has 0 N–H and O–H groups in total. The van der Waals surface area contributed by atoms with Gasteiger partial charge in [-0.25, -0.2) is 4.98 Å². The predicted octanol–water partition coefficient (Wildman–Crippen LogP) is 3.33. The highest BCUT2D eigenvalue weighted by Gasteiger charge is 2.23. The van der Waals surface area contributed by atoms with Gasteiger partial charge in [0.2, 0.25) is 5.91 Å². The van der Waals surface area contributed by atoms with Gasteiger partial charge >= 0.3 is 0 Å². The SMILES string of the molecule is CC(C)(C)c1csc(CN2CCN(C(=O)Cc3ccccc3)CC2)n1. The van der Waals surface area contributed by atoms with Gasteiger partial charge in [-0.05, 0) is 5.56 Å². The van der Waals surface area contributed by atoms with Gasteiger partial charge in [-0.3, -0.25) is 9.69 Å². The number of nitrogens with zero attached hydrogens (tertiary/aromatic N) is 3. The summed E-state index contributed by atoms with van der Waals surface area (Å²) in [5.41, 5.74) is 2.37. The van der Waals surface area contributed by atoms with Crippen molar-refractivity contribution in [1.29, 1.82) is 0 Å². The van der Waals surface area contributed by atoms with Gasteiger partial charge in [0.1, 0.15) is 5.01 Å². The number of benzene rings is 1. The van der Waals surface area contributed by atoms with Gasteiger partial charge in [-0.15, -0.1) is 11.3 Å². The van der Waals surface area contributed by atoms with Gasteiger partial charge in [0.05, 0.1) is 18.7 Å². The van der Waals surface area contributed by atoms with E-state index in [9.17, 15) is 4.79 Å². The van der Waals surface area contributed by atoms with Crippen molar-refractivity contribution in [2.24, 2.45) is 0 Å². The third-order valence-electron chi connectivity index (χ3n) is 4.60. The molecule has 0 saturated carbocycles. The Morgan fingerprint density at radius 1 is 1.12 bits per heavy atom. The fraction of sp³-hybridized carbons (Fsp3) is 0.500. The largest absolute Gasteiger partial charge is 0.340 e. The van der Waals surface area contributed by atoms with Crippen LogP contribution in [-0.4, -0.2) is 46.9 Å². The van der Waals surface area contributed by atoms with Crippen molar-refractivity contribution in [3.8, 4) is 0 Å². The summed E-state index contributed by atoms with van der Waals surface area (Å²) in [5.74, 6) is 0.232. The third kappa shape index (κ3) is 4.89. The molecule has 2 aromatic rings. The molecule has 1 aliphatic rings. The lowest BCUT2D eigenvalue weighted by atomic mass is 9.93. The maximum Gasteiger partial charge on any atom is 0.227 e. The normalized spacial score (nSPS) is 16.2. The monoisotopic (exact) mass is 357 g/mol. The molecule has 1 fully saturated rings. The zero-order valence-electron chi connectivity index (χ0n) is 15.4. The van der Waals surface area contributed by atoms with Crippen LogP contribution in [0.25, 0.3) is 0 Å². The Morgan fingerprint density at radius 3 is 2.40 bits per heavy atom. The minimum Gasteiger partial charge on any atom is -0.340 e. The van der Waals surface area contributed by atoms with Crippen LogP contribution in [0.2, 0.25) is 0 Å². The average Bonchev–Trinajstić information content (AvgIpc) is 3.05. The number of amides is 1. The summed E-state index contributed by atoms with van der Waals surface area (Å²) < 4.78 is 0. The second-order valence-electron chi connectivity index (χ2n) is 7.70. The minimum absolute atomic E-state index is 0.108. The number of carbonyl (C=O) groups excluding carboxylic acids is 1. The summed E-state index contributed by atoms with van der Waals surface area (Å²) >= 11 is 1.75. The molecule has 0 unspecified atom stereocenters. The molecule has 1 saturated heterocycles. The maximum absolute atomic E-state index is 12.4. The summed E-state index contributed by atoms with van der Waals surface area (Å²) in [4.78, 5) is 21.6. The summed E-state index contributed by atoms with van der Waals surface area (Å²) in [6.45, 7) is 10.9. The van der Waals surface area contributed by atoms with Gasteiger partial charge in [-0.2, -0.15) is 0 Å². The van der Waals surface area contributed by atoms with E-state index in [4.69, 9.17) is 4.98 Å². The molecule has 134 valence electrons. The van der Waals surface area contributed by atoms with Crippen LogP contribution in [0.3, 0.4) is 0 Å². The summed E-state index contributed by atoms with van der Waals surface area (Å²) in [6.07, 6.45) is 0.502. The van der Waals surface area contributed by atoms with E-state index < -0.39 is 0 Å². The highest BCUT2D eigenvalue weighted by atomic mass is 32.1. The topological polar surface area (TPSA) is 36.4 Å². The molecule has 1 aromatic carbocycles. The highest BCUT2D eigenvalue weighted by Crippen LogP contribution is 2.24. The first-order valence-corrected chi connectivity index (χ1v) is 9.79. The lowest BCUT2D eigenvalue weighted by Gasteiger charge is -2.34. The van der Waals surface area contributed by atoms with Crippen LogP contribution >= 0.6 is 11.3 Å². The fourth-order valence-corrected chi connectivity index (χ4v) is 4.02. The summed E-state index contributed by atoms with van der Waals surface area (Å²) in [7, 11) is 0. The van der Waals surface area contributed by atoms with E-state index in [1.54, 1.807) is 11.3 Å². The Morgan fingerprint density at radius 2 is 1.80 bits per heavy atom. The van der Waals surface area contributed by atoms with Crippen LogP contribution in [-0.2, 0) is 23.2 Å². The molecule has 1 aromatic heterocycles. The zero-order valence-corrected chi connectivity index (χ0v) is 16.2. The molecular weight excluding hydrogens is 330 g/mol. The average molecular weight is 358 g/mol. The third-order valence-corrected chi connectivity index (χ3v) is 5.44. The molecule has 0 aliphatic carbocycles. The number of hydrogen-bond acceptors (Lipinski definition) is 4. The Balaban J connectivity index is 1.48. The lowest BCUT2D eigenvalue weighted by Crippen LogP contribution is -2.48. The summed E-state index contributed by atoms with van der Waals surface area (Å²) in [5, 5.41) is 3.35. The molecule has 3 rings (SSSR count). The van der Waals surface area contributed by atoms with Crippen LogP contribution < -0.4 is 0 Å². The van der Waals surface area contributed by atoms with E-state index in [0.29, 0.717) is 6.42 Å². The van der Waals surface area contributed by atoms with Crippen molar-refractivity contribution in [2.45, 2.75) is 39.2 Å². The first-order chi connectivity index (χ1) is 11.9. The number of rotatable bonds is 4. The molecule has 4 nitrogen and oxygen atoms in total. The van der Waals surface area contributed by atoms with Crippen molar-refractivity contribution in [3.05, 3.63) is 52.0 Å². The standard InChI is InChI=1S/C20H27N3OS/c1-20(2,3)17-15-25-18(21-17)14-22-9-11-23(12-10-22)19(24)13-16-7-5-4-6-8-16/h4-8,15H,9-14H2,1-3H3. The molecule has 1 amide bonds. The maximum atomic E-state index is 12.4. The van der Waals surface area contributed by atoms with Crippen molar-refractivity contribution < 1.29 is 4.79 Å². The van der Waals surface area contributed by atoms with Crippen molar-refractivity contribution in [2.75, 3.05) is 26.2 Å². The lowest BCUT2D eigenvalue weighted by molar-refractivity contribution is -0.132. The first kappa shape index (κ1) is 18.1. The Labute approximate surface area is 154 Å². The second-order valence-corrected chi connectivity index (χ2v) is 8.64. The predicted molar refractivity (Wildman–Crippen MR) is 103 cm³/mol. The molecule has 5 heteroatoms. The van der Waals surface area contributed by atoms with Crippen LogP contribution in [0.15, 0.2) is 35.7 Å². The van der Waals surface area contributed by atoms with E-state index in [1.165, 1.54) is 10.7 Å². The van der Waals surface area contributed by atoms with Gasteiger partial charge < -0.3 is 4.90 Å². The van der Waals surface area contributed by atoms with E-state index in [2.05, 4.69) is 31.1 Å². The van der Waals surface area contributed by atoms with E-state index in [-0.39, 0.29) is 11.3 Å². The van der Waals surface area contributed by atoms with Crippen LogP contribution in [0.5, 0.6) is 0 Å². The van der Waals surface area contributed by atoms with Crippen molar-refractivity contribution in [1.82, 2.24) is 14.8 Å². The van der Waals surface area contributed by atoms with Crippen LogP contribution in [0.1, 0.15) is 37.0 Å². The number of aromatic nitrogens is 1. The van der Waals surface area contributed by atoms with Crippen molar-refractivity contribution in [3.63, 3.8) is 0 Å². The molecule has 0 atom stereocenters. The van der Waals surface area contributed by atoms with Gasteiger partial charge in [0.25, 0.3) is 0 Å². The first-order valence-electron chi connectivity index (χ1n) is 8.91. The summed E-state index contributed by atoms with van der Waals surface area (Å²) in [6, 6.07) is 9.99. The Bertz CT molecular complexity index is 697. The van der Waals surface area contributed by atoms with E-state index in [0.717, 1.165) is 38.3 Å². The van der Waals surface area contributed by atoms with Gasteiger partial charge in [0, 0.05) is 37.0 Å². The van der Waals surface area contributed by atoms with Gasteiger partial charge in [-0.1, -0.05) is 51.1 Å². The Kier molecular flexibility index (Phi) is 5.54. The van der Waals surface area contributed by atoms with E-state index >= 15 is 0 Å². The zero-order chi connectivity index (χ0) is 17.9. The molecule has 2 heterocycles.